The molecule has 0 bridgehead atoms. The van der Waals surface area contributed by atoms with E-state index in [-0.39, 0.29) is 0 Å². The lowest BCUT2D eigenvalue weighted by atomic mass is 10.2. The number of aromatic nitrogens is 1. The van der Waals surface area contributed by atoms with E-state index in [9.17, 15) is 13.2 Å². The molecule has 1 aromatic rings. The second kappa shape index (κ2) is 6.75. The predicted octanol–water partition coefficient (Wildman–Crippen LogP) is 2.89. The number of hydrogen-bond donors (Lipinski definition) is 1. The first-order chi connectivity index (χ1) is 8.87. The summed E-state index contributed by atoms with van der Waals surface area (Å²) in [6.07, 6.45) is -3.57. The van der Waals surface area contributed by atoms with Crippen molar-refractivity contribution < 1.29 is 13.2 Å². The normalized spacial score (nSPS) is 11.7. The molecule has 3 nitrogen and oxygen atoms in total. The summed E-state index contributed by atoms with van der Waals surface area (Å²) in [5.74, 6) is 0.386. The molecule has 0 aliphatic rings. The molecule has 0 amide bonds. The molecule has 108 valence electrons. The number of rotatable bonds is 6. The van der Waals surface area contributed by atoms with Crippen molar-refractivity contribution in [2.24, 2.45) is 0 Å². The van der Waals surface area contributed by atoms with Gasteiger partial charge in [-0.2, -0.15) is 13.2 Å². The summed E-state index contributed by atoms with van der Waals surface area (Å²) in [6.45, 7) is 3.71. The van der Waals surface area contributed by atoms with Gasteiger partial charge in [-0.15, -0.1) is 0 Å². The lowest BCUT2D eigenvalue weighted by Crippen LogP contribution is -2.35. The van der Waals surface area contributed by atoms with Crippen molar-refractivity contribution in [1.82, 2.24) is 10.3 Å². The molecular weight excluding hydrogens is 255 g/mol. The third-order valence-electron chi connectivity index (χ3n) is 2.74. The Bertz CT molecular complexity index is 405. The van der Waals surface area contributed by atoms with Crippen molar-refractivity contribution in [3.05, 3.63) is 23.4 Å². The second-order valence-electron chi connectivity index (χ2n) is 4.48. The van der Waals surface area contributed by atoms with Crippen molar-refractivity contribution in [1.29, 1.82) is 0 Å². The van der Waals surface area contributed by atoms with Crippen LogP contribution in [0.1, 0.15) is 24.6 Å². The summed E-state index contributed by atoms with van der Waals surface area (Å²) in [5.41, 5.74) is 1.75. The summed E-state index contributed by atoms with van der Waals surface area (Å²) in [6, 6.07) is 3.48. The molecule has 19 heavy (non-hydrogen) atoms. The fourth-order valence-electron chi connectivity index (χ4n) is 1.89. The molecule has 0 aliphatic carbocycles. The summed E-state index contributed by atoms with van der Waals surface area (Å²) < 4.78 is 37.6. The lowest BCUT2D eigenvalue weighted by molar-refractivity contribution is -0.119. The van der Waals surface area contributed by atoms with Crippen LogP contribution in [0.3, 0.4) is 0 Å². The standard InChI is InChI=1S/C13H20F3N3/c1-4-7-19(9-13(14,15)16)12-6-5-11(8-17-3)10(2)18-12/h5-6,17H,4,7-9H2,1-3H3. The highest BCUT2D eigenvalue weighted by Crippen LogP contribution is 2.22. The van der Waals surface area contributed by atoms with Crippen molar-refractivity contribution in [2.75, 3.05) is 25.0 Å². The molecular formula is C13H20F3N3. The first-order valence-electron chi connectivity index (χ1n) is 6.30. The SMILES string of the molecule is CCCN(CC(F)(F)F)c1ccc(CNC)c(C)n1. The Hall–Kier alpha value is -1.30. The van der Waals surface area contributed by atoms with Gasteiger partial charge in [-0.25, -0.2) is 4.98 Å². The third-order valence-corrected chi connectivity index (χ3v) is 2.74. The molecule has 0 fully saturated rings. The molecule has 0 spiro atoms. The predicted molar refractivity (Wildman–Crippen MR) is 70.3 cm³/mol. The largest absolute Gasteiger partial charge is 0.405 e. The topological polar surface area (TPSA) is 28.2 Å². The van der Waals surface area contributed by atoms with Crippen LogP contribution in [-0.2, 0) is 6.54 Å². The highest BCUT2D eigenvalue weighted by atomic mass is 19.4. The van der Waals surface area contributed by atoms with Gasteiger partial charge in [0.15, 0.2) is 0 Å². The van der Waals surface area contributed by atoms with E-state index in [1.165, 1.54) is 4.90 Å². The maximum Gasteiger partial charge on any atom is 0.405 e. The third kappa shape index (κ3) is 5.06. The smallest absolute Gasteiger partial charge is 0.348 e. The quantitative estimate of drug-likeness (QED) is 0.865. The van der Waals surface area contributed by atoms with E-state index in [0.717, 1.165) is 11.3 Å². The fraction of sp³-hybridized carbons (Fsp3) is 0.615. The van der Waals surface area contributed by atoms with Crippen LogP contribution in [-0.4, -0.2) is 31.3 Å². The van der Waals surface area contributed by atoms with Crippen LogP contribution in [0.2, 0.25) is 0 Å². The minimum atomic E-state index is -4.21. The van der Waals surface area contributed by atoms with Gasteiger partial charge in [0.1, 0.15) is 12.4 Å². The molecule has 6 heteroatoms. The molecule has 0 unspecified atom stereocenters. The lowest BCUT2D eigenvalue weighted by Gasteiger charge is -2.25. The van der Waals surface area contributed by atoms with E-state index >= 15 is 0 Å². The van der Waals surface area contributed by atoms with E-state index in [1.807, 2.05) is 27.0 Å². The Kier molecular flexibility index (Phi) is 5.60. The van der Waals surface area contributed by atoms with Gasteiger partial charge in [-0.05, 0) is 32.0 Å². The highest BCUT2D eigenvalue weighted by molar-refractivity contribution is 5.42. The Morgan fingerprint density at radius 2 is 2.00 bits per heavy atom. The molecule has 0 saturated carbocycles. The molecule has 1 N–H and O–H groups in total. The van der Waals surface area contributed by atoms with Gasteiger partial charge < -0.3 is 10.2 Å². The van der Waals surface area contributed by atoms with Crippen LogP contribution in [0.25, 0.3) is 0 Å². The Balaban J connectivity index is 2.93. The molecule has 1 rings (SSSR count). The summed E-state index contributed by atoms with van der Waals surface area (Å²) in [5, 5.41) is 3.00. The van der Waals surface area contributed by atoms with Crippen LogP contribution in [0, 0.1) is 6.92 Å². The maximum absolute atomic E-state index is 12.5. The maximum atomic E-state index is 12.5. The van der Waals surface area contributed by atoms with Crippen molar-refractivity contribution in [3.63, 3.8) is 0 Å². The monoisotopic (exact) mass is 275 g/mol. The van der Waals surface area contributed by atoms with Crippen molar-refractivity contribution >= 4 is 5.82 Å². The van der Waals surface area contributed by atoms with Crippen molar-refractivity contribution in [3.8, 4) is 0 Å². The zero-order chi connectivity index (χ0) is 14.5. The van der Waals surface area contributed by atoms with Crippen LogP contribution in [0.15, 0.2) is 12.1 Å². The van der Waals surface area contributed by atoms with Gasteiger partial charge in [-0.1, -0.05) is 13.0 Å². The van der Waals surface area contributed by atoms with E-state index < -0.39 is 12.7 Å². The van der Waals surface area contributed by atoms with Gasteiger partial charge in [0.05, 0.1) is 0 Å². The summed E-state index contributed by atoms with van der Waals surface area (Å²) in [7, 11) is 1.82. The first-order valence-corrected chi connectivity index (χ1v) is 6.30. The molecule has 0 radical (unpaired) electrons. The molecule has 0 saturated heterocycles. The molecule has 1 heterocycles. The summed E-state index contributed by atoms with van der Waals surface area (Å²) >= 11 is 0. The average Bonchev–Trinajstić information content (AvgIpc) is 2.30. The number of alkyl halides is 3. The van der Waals surface area contributed by atoms with Crippen LogP contribution >= 0.6 is 0 Å². The number of pyridine rings is 1. The average molecular weight is 275 g/mol. The number of anilines is 1. The van der Waals surface area contributed by atoms with E-state index in [2.05, 4.69) is 10.3 Å². The van der Waals surface area contributed by atoms with Gasteiger partial charge in [0, 0.05) is 18.8 Å². The molecule has 0 aliphatic heterocycles. The number of nitrogens with one attached hydrogen (secondary N) is 1. The Morgan fingerprint density at radius 3 is 2.47 bits per heavy atom. The number of nitrogens with zero attached hydrogens (tertiary/aromatic N) is 2. The Morgan fingerprint density at radius 1 is 1.32 bits per heavy atom. The second-order valence-corrected chi connectivity index (χ2v) is 4.48. The number of hydrogen-bond acceptors (Lipinski definition) is 3. The van der Waals surface area contributed by atoms with Gasteiger partial charge in [-0.3, -0.25) is 0 Å². The van der Waals surface area contributed by atoms with Crippen LogP contribution < -0.4 is 10.2 Å². The fourth-order valence-corrected chi connectivity index (χ4v) is 1.89. The highest BCUT2D eigenvalue weighted by Gasteiger charge is 2.31. The van der Waals surface area contributed by atoms with Crippen LogP contribution in [0.4, 0.5) is 19.0 Å². The summed E-state index contributed by atoms with van der Waals surface area (Å²) in [4.78, 5) is 5.55. The number of halogens is 3. The van der Waals surface area contributed by atoms with Gasteiger partial charge in [0.25, 0.3) is 0 Å². The molecule has 1 aromatic heterocycles. The van der Waals surface area contributed by atoms with Crippen molar-refractivity contribution in [2.45, 2.75) is 33.0 Å². The molecule has 0 aromatic carbocycles. The van der Waals surface area contributed by atoms with E-state index in [0.29, 0.717) is 25.3 Å². The zero-order valence-electron chi connectivity index (χ0n) is 11.5. The minimum absolute atomic E-state index is 0.345. The first kappa shape index (κ1) is 15.8. The van der Waals surface area contributed by atoms with E-state index in [4.69, 9.17) is 0 Å². The van der Waals surface area contributed by atoms with Crippen LogP contribution in [0.5, 0.6) is 0 Å². The number of aryl methyl sites for hydroxylation is 1. The Labute approximate surface area is 111 Å². The van der Waals surface area contributed by atoms with E-state index in [1.54, 1.807) is 6.07 Å². The molecule has 0 atom stereocenters. The zero-order valence-corrected chi connectivity index (χ0v) is 11.5. The van der Waals surface area contributed by atoms with Gasteiger partial charge >= 0.3 is 6.18 Å². The van der Waals surface area contributed by atoms with Gasteiger partial charge in [0.2, 0.25) is 0 Å². The minimum Gasteiger partial charge on any atom is -0.348 e.